The van der Waals surface area contributed by atoms with Crippen LogP contribution in [0.3, 0.4) is 0 Å². The molecule has 130 valence electrons. The molecule has 0 saturated carbocycles. The van der Waals surface area contributed by atoms with E-state index in [0.29, 0.717) is 24.1 Å². The van der Waals surface area contributed by atoms with Crippen molar-refractivity contribution in [1.82, 2.24) is 19.7 Å². The normalized spacial score (nSPS) is 10.2. The zero-order chi connectivity index (χ0) is 18.2. The van der Waals surface area contributed by atoms with Crippen LogP contribution in [0.15, 0.2) is 21.9 Å². The van der Waals surface area contributed by atoms with E-state index in [0.717, 1.165) is 11.3 Å². The molecule has 0 spiro atoms. The van der Waals surface area contributed by atoms with Gasteiger partial charge >= 0.3 is 0 Å². The number of amides is 1. The smallest absolute Gasteiger partial charge is 0.233 e. The predicted octanol–water partition coefficient (Wildman–Crippen LogP) is 2.13. The Morgan fingerprint density at radius 1 is 1.32 bits per heavy atom. The summed E-state index contributed by atoms with van der Waals surface area (Å²) in [5.74, 6) is 1.47. The molecule has 2 aromatic rings. The summed E-state index contributed by atoms with van der Waals surface area (Å²) in [5.41, 5.74) is 0.859. The van der Waals surface area contributed by atoms with Gasteiger partial charge in [0.15, 0.2) is 11.0 Å². The molecule has 0 radical (unpaired) electrons. The van der Waals surface area contributed by atoms with Gasteiger partial charge in [-0.1, -0.05) is 11.8 Å². The van der Waals surface area contributed by atoms with Gasteiger partial charge in [0, 0.05) is 20.1 Å². The van der Waals surface area contributed by atoms with Crippen LogP contribution in [0.5, 0.6) is 0 Å². The Morgan fingerprint density at radius 2 is 2.00 bits per heavy atom. The molecule has 2 heterocycles. The zero-order valence-electron chi connectivity index (χ0n) is 14.1. The first-order valence-electron chi connectivity index (χ1n) is 7.66. The largest absolute Gasteiger partial charge is 0.469 e. The highest BCUT2D eigenvalue weighted by molar-refractivity contribution is 7.99. The molecule has 2 rings (SSSR count). The number of rotatable bonds is 8. The number of aryl methyl sites for hydroxylation is 1. The summed E-state index contributed by atoms with van der Waals surface area (Å²) >= 11 is 1.28. The lowest BCUT2D eigenvalue weighted by atomic mass is 10.2. The van der Waals surface area contributed by atoms with Gasteiger partial charge in [0.25, 0.3) is 0 Å². The van der Waals surface area contributed by atoms with Gasteiger partial charge in [-0.25, -0.2) is 0 Å². The molecule has 0 saturated heterocycles. The molecule has 0 aliphatic rings. The summed E-state index contributed by atoms with van der Waals surface area (Å²) in [4.78, 5) is 13.9. The molecule has 0 atom stereocenters. The van der Waals surface area contributed by atoms with Crippen molar-refractivity contribution < 1.29 is 9.21 Å². The lowest BCUT2D eigenvalue weighted by Crippen LogP contribution is -2.34. The third-order valence-corrected chi connectivity index (χ3v) is 4.60. The summed E-state index contributed by atoms with van der Waals surface area (Å²) in [6.45, 7) is 2.51. The van der Waals surface area contributed by atoms with Crippen molar-refractivity contribution in [2.45, 2.75) is 24.9 Å². The van der Waals surface area contributed by atoms with Crippen LogP contribution in [0.25, 0.3) is 11.4 Å². The number of nitriles is 2. The summed E-state index contributed by atoms with van der Waals surface area (Å²) in [6.07, 6.45) is 2.09. The molecule has 0 N–H and O–H groups in total. The Bertz CT molecular complexity index is 795. The van der Waals surface area contributed by atoms with E-state index >= 15 is 0 Å². The standard InChI is InChI=1S/C16H18N6O2S/c1-12-13(5-10-24-12)15-19-20-16(21(15)2)25-11-14(23)22(8-3-6-17)9-4-7-18/h5,10H,3-4,8-9,11H2,1-2H3. The minimum absolute atomic E-state index is 0.125. The minimum Gasteiger partial charge on any atom is -0.469 e. The van der Waals surface area contributed by atoms with Gasteiger partial charge in [-0.2, -0.15) is 10.5 Å². The Morgan fingerprint density at radius 3 is 2.56 bits per heavy atom. The monoisotopic (exact) mass is 358 g/mol. The average molecular weight is 358 g/mol. The van der Waals surface area contributed by atoms with Crippen molar-refractivity contribution in [2.75, 3.05) is 18.8 Å². The molecule has 0 bridgehead atoms. The highest BCUT2D eigenvalue weighted by Crippen LogP contribution is 2.25. The average Bonchev–Trinajstić information content (AvgIpc) is 3.18. The number of hydrogen-bond donors (Lipinski definition) is 0. The highest BCUT2D eigenvalue weighted by atomic mass is 32.2. The number of aromatic nitrogens is 3. The van der Waals surface area contributed by atoms with Crippen LogP contribution < -0.4 is 0 Å². The fourth-order valence-electron chi connectivity index (χ4n) is 2.24. The number of carbonyl (C=O) groups excluding carboxylic acids is 1. The minimum atomic E-state index is -0.125. The summed E-state index contributed by atoms with van der Waals surface area (Å²) in [7, 11) is 1.83. The fourth-order valence-corrected chi connectivity index (χ4v) is 3.05. The number of thioether (sulfide) groups is 1. The predicted molar refractivity (Wildman–Crippen MR) is 91.2 cm³/mol. The molecule has 25 heavy (non-hydrogen) atoms. The van der Waals surface area contributed by atoms with Gasteiger partial charge in [0.05, 0.1) is 42.6 Å². The van der Waals surface area contributed by atoms with Gasteiger partial charge < -0.3 is 13.9 Å². The molecule has 0 aromatic carbocycles. The molecule has 0 fully saturated rings. The molecule has 0 aliphatic carbocycles. The van der Waals surface area contributed by atoms with Gasteiger partial charge in [-0.15, -0.1) is 10.2 Å². The Kier molecular flexibility index (Phi) is 6.61. The van der Waals surface area contributed by atoms with Gasteiger partial charge in [0.1, 0.15) is 5.76 Å². The van der Waals surface area contributed by atoms with E-state index in [9.17, 15) is 4.79 Å². The molecule has 8 nitrogen and oxygen atoms in total. The maximum Gasteiger partial charge on any atom is 0.233 e. The number of nitrogens with zero attached hydrogens (tertiary/aromatic N) is 6. The van der Waals surface area contributed by atoms with E-state index in [1.807, 2.05) is 36.7 Å². The van der Waals surface area contributed by atoms with Crippen molar-refractivity contribution >= 4 is 17.7 Å². The second-order valence-corrected chi connectivity index (χ2v) is 6.18. The van der Waals surface area contributed by atoms with Crippen LogP contribution in [-0.2, 0) is 11.8 Å². The summed E-state index contributed by atoms with van der Waals surface area (Å²) in [5, 5.41) is 26.3. The lowest BCUT2D eigenvalue weighted by molar-refractivity contribution is -0.128. The van der Waals surface area contributed by atoms with E-state index in [1.54, 1.807) is 6.26 Å². The van der Waals surface area contributed by atoms with Gasteiger partial charge in [-0.3, -0.25) is 4.79 Å². The van der Waals surface area contributed by atoms with Crippen LogP contribution in [0.1, 0.15) is 18.6 Å². The maximum absolute atomic E-state index is 12.3. The Labute approximate surface area is 150 Å². The molecule has 9 heteroatoms. The van der Waals surface area contributed by atoms with Crippen molar-refractivity contribution in [3.05, 3.63) is 18.1 Å². The van der Waals surface area contributed by atoms with E-state index in [2.05, 4.69) is 10.2 Å². The second-order valence-electron chi connectivity index (χ2n) is 5.24. The molecular formula is C16H18N6O2S. The Hall–Kier alpha value is -2.78. The van der Waals surface area contributed by atoms with E-state index in [-0.39, 0.29) is 24.5 Å². The molecule has 1 amide bonds. The van der Waals surface area contributed by atoms with Crippen molar-refractivity contribution in [3.63, 3.8) is 0 Å². The molecule has 2 aromatic heterocycles. The van der Waals surface area contributed by atoms with Crippen LogP contribution in [0.4, 0.5) is 0 Å². The molecular weight excluding hydrogens is 340 g/mol. The number of hydrogen-bond acceptors (Lipinski definition) is 7. The first-order valence-corrected chi connectivity index (χ1v) is 8.65. The van der Waals surface area contributed by atoms with Crippen molar-refractivity contribution in [3.8, 4) is 23.5 Å². The number of carbonyl (C=O) groups is 1. The molecule has 0 unspecified atom stereocenters. The summed E-state index contributed by atoms with van der Waals surface area (Å²) < 4.78 is 7.10. The van der Waals surface area contributed by atoms with Crippen LogP contribution in [0, 0.1) is 29.6 Å². The van der Waals surface area contributed by atoms with Crippen LogP contribution in [-0.4, -0.2) is 44.4 Å². The molecule has 0 aliphatic heterocycles. The zero-order valence-corrected chi connectivity index (χ0v) is 14.9. The topological polar surface area (TPSA) is 112 Å². The highest BCUT2D eigenvalue weighted by Gasteiger charge is 2.18. The van der Waals surface area contributed by atoms with Crippen molar-refractivity contribution in [2.24, 2.45) is 7.05 Å². The Balaban J connectivity index is 2.02. The van der Waals surface area contributed by atoms with E-state index in [1.165, 1.54) is 16.7 Å². The van der Waals surface area contributed by atoms with Crippen LogP contribution in [0.2, 0.25) is 0 Å². The van der Waals surface area contributed by atoms with Crippen molar-refractivity contribution in [1.29, 1.82) is 10.5 Å². The lowest BCUT2D eigenvalue weighted by Gasteiger charge is -2.19. The van der Waals surface area contributed by atoms with E-state index < -0.39 is 0 Å². The summed E-state index contributed by atoms with van der Waals surface area (Å²) in [6, 6.07) is 5.86. The SMILES string of the molecule is Cc1occc1-c1nnc(SCC(=O)N(CCC#N)CCC#N)n1C. The van der Waals surface area contributed by atoms with Gasteiger partial charge in [0.2, 0.25) is 5.91 Å². The van der Waals surface area contributed by atoms with Gasteiger partial charge in [-0.05, 0) is 13.0 Å². The number of furan rings is 1. The first kappa shape index (κ1) is 18.6. The fraction of sp³-hybridized carbons (Fsp3) is 0.438. The maximum atomic E-state index is 12.3. The second kappa shape index (κ2) is 8.90. The first-order chi connectivity index (χ1) is 12.1. The third kappa shape index (κ3) is 4.61. The van der Waals surface area contributed by atoms with E-state index in [4.69, 9.17) is 14.9 Å². The quantitative estimate of drug-likeness (QED) is 0.664. The third-order valence-electron chi connectivity index (χ3n) is 3.60. The van der Waals surface area contributed by atoms with Crippen LogP contribution >= 0.6 is 11.8 Å².